The van der Waals surface area contributed by atoms with Crippen molar-refractivity contribution in [1.29, 1.82) is 0 Å². The molecule has 5 aromatic rings. The van der Waals surface area contributed by atoms with Gasteiger partial charge in [-0.15, -0.1) is 5.10 Å². The van der Waals surface area contributed by atoms with Crippen molar-refractivity contribution in [2.24, 2.45) is 0 Å². The third-order valence-corrected chi connectivity index (χ3v) is 6.89. The number of alkyl halides is 3. The van der Waals surface area contributed by atoms with Crippen molar-refractivity contribution in [3.8, 4) is 28.1 Å². The molecular formula is C30H31F3N7O+. The van der Waals surface area contributed by atoms with E-state index >= 15 is 0 Å². The molecule has 8 nitrogen and oxygen atoms in total. The maximum Gasteiger partial charge on any atom is 0.416 e. The van der Waals surface area contributed by atoms with E-state index in [-0.39, 0.29) is 11.9 Å². The highest BCUT2D eigenvalue weighted by Gasteiger charge is 2.31. The van der Waals surface area contributed by atoms with Crippen LogP contribution < -0.4 is 10.2 Å². The molecule has 41 heavy (non-hydrogen) atoms. The van der Waals surface area contributed by atoms with Gasteiger partial charge in [-0.25, -0.2) is 9.20 Å². The molecule has 0 saturated carbocycles. The first-order valence-corrected chi connectivity index (χ1v) is 13.3. The maximum absolute atomic E-state index is 13.7. The van der Waals surface area contributed by atoms with Crippen LogP contribution in [0.25, 0.3) is 33.7 Å². The van der Waals surface area contributed by atoms with Crippen molar-refractivity contribution < 1.29 is 22.9 Å². The first-order valence-electron chi connectivity index (χ1n) is 13.3. The van der Waals surface area contributed by atoms with Crippen LogP contribution in [0.5, 0.6) is 0 Å². The molecular weight excluding hydrogens is 531 g/mol. The Morgan fingerprint density at radius 3 is 2.51 bits per heavy atom. The predicted octanol–water partition coefficient (Wildman–Crippen LogP) is 4.75. The monoisotopic (exact) mass is 562 g/mol. The fourth-order valence-electron chi connectivity index (χ4n) is 4.80. The molecule has 0 aliphatic heterocycles. The Labute approximate surface area is 235 Å². The van der Waals surface area contributed by atoms with Gasteiger partial charge in [0.05, 0.1) is 43.8 Å². The third-order valence-electron chi connectivity index (χ3n) is 6.89. The summed E-state index contributed by atoms with van der Waals surface area (Å²) in [4.78, 5) is 18.4. The topological polar surface area (TPSA) is 81.5 Å². The van der Waals surface area contributed by atoms with Crippen LogP contribution in [0, 0.1) is 13.8 Å². The number of pyridine rings is 1. The zero-order chi connectivity index (χ0) is 29.3. The molecule has 2 aromatic carbocycles. The number of amides is 1. The van der Waals surface area contributed by atoms with Gasteiger partial charge in [-0.1, -0.05) is 29.8 Å². The van der Waals surface area contributed by atoms with E-state index in [0.29, 0.717) is 40.7 Å². The number of rotatable bonds is 8. The van der Waals surface area contributed by atoms with Gasteiger partial charge in [0.15, 0.2) is 5.65 Å². The van der Waals surface area contributed by atoms with Crippen LogP contribution in [0.1, 0.15) is 29.5 Å². The average molecular weight is 563 g/mol. The van der Waals surface area contributed by atoms with E-state index in [4.69, 9.17) is 0 Å². The summed E-state index contributed by atoms with van der Waals surface area (Å²) >= 11 is 0. The number of halogens is 3. The first kappa shape index (κ1) is 28.0. The number of fused-ring (bicyclic) bond motifs is 1. The van der Waals surface area contributed by atoms with E-state index in [1.807, 2.05) is 58.3 Å². The van der Waals surface area contributed by atoms with Gasteiger partial charge in [0, 0.05) is 30.2 Å². The molecule has 0 saturated heterocycles. The van der Waals surface area contributed by atoms with E-state index in [9.17, 15) is 18.0 Å². The third kappa shape index (κ3) is 5.99. The van der Waals surface area contributed by atoms with Crippen molar-refractivity contribution in [2.45, 2.75) is 32.9 Å². The first-order chi connectivity index (χ1) is 19.5. The molecule has 0 spiro atoms. The van der Waals surface area contributed by atoms with Crippen molar-refractivity contribution in [2.75, 3.05) is 26.0 Å². The molecule has 11 heteroatoms. The Hall–Kier alpha value is -4.51. The Morgan fingerprint density at radius 2 is 1.80 bits per heavy atom. The number of nitrogens with one attached hydrogen (secondary N) is 2. The molecule has 0 aliphatic rings. The van der Waals surface area contributed by atoms with Crippen molar-refractivity contribution in [3.63, 3.8) is 0 Å². The second-order valence-electron chi connectivity index (χ2n) is 10.4. The van der Waals surface area contributed by atoms with Crippen LogP contribution >= 0.6 is 0 Å². The zero-order valence-electron chi connectivity index (χ0n) is 23.3. The highest BCUT2D eigenvalue weighted by molar-refractivity contribution is 5.91. The Kier molecular flexibility index (Phi) is 7.63. The standard InChI is InChI=1S/C30H30F3N7O/c1-19-10-12-23(13-11-19)40-25(14-15-34-40)24-18-39-28(36-29(37-39)35-26(41)9-6-16-38(3)4)27(20(24)2)21-7-5-8-22(17-21)30(31,32)33/h5,7-8,10-15,17-18H,6,9,16H2,1-4H3,(H,35,37,41)/p+1. The number of quaternary nitrogens is 1. The molecule has 5 rings (SSSR count). The lowest BCUT2D eigenvalue weighted by Gasteiger charge is -2.16. The van der Waals surface area contributed by atoms with E-state index in [2.05, 4.69) is 20.5 Å². The van der Waals surface area contributed by atoms with Gasteiger partial charge < -0.3 is 4.90 Å². The second-order valence-corrected chi connectivity index (χ2v) is 10.4. The van der Waals surface area contributed by atoms with Crippen molar-refractivity contribution in [3.05, 3.63) is 83.7 Å². The minimum Gasteiger partial charge on any atom is -0.340 e. The molecule has 212 valence electrons. The van der Waals surface area contributed by atoms with Crippen LogP contribution in [-0.4, -0.2) is 50.9 Å². The van der Waals surface area contributed by atoms with Crippen LogP contribution in [0.3, 0.4) is 0 Å². The Bertz CT molecular complexity index is 1700. The summed E-state index contributed by atoms with van der Waals surface area (Å²) in [6, 6.07) is 14.9. The molecule has 0 bridgehead atoms. The van der Waals surface area contributed by atoms with E-state index in [1.54, 1.807) is 23.1 Å². The van der Waals surface area contributed by atoms with Crippen LogP contribution in [0.4, 0.5) is 19.1 Å². The summed E-state index contributed by atoms with van der Waals surface area (Å²) in [6.45, 7) is 4.68. The number of nitrogens with zero attached hydrogens (tertiary/aromatic N) is 5. The molecule has 2 N–H and O–H groups in total. The summed E-state index contributed by atoms with van der Waals surface area (Å²) in [5.74, 6) is -0.138. The average Bonchev–Trinajstić information content (AvgIpc) is 3.55. The molecule has 0 unspecified atom stereocenters. The smallest absolute Gasteiger partial charge is 0.340 e. The van der Waals surface area contributed by atoms with Crippen molar-refractivity contribution in [1.82, 2.24) is 24.4 Å². The number of carbonyl (C=O) groups excluding carboxylic acids is 1. The molecule has 0 aliphatic carbocycles. The van der Waals surface area contributed by atoms with Crippen LogP contribution in [0.15, 0.2) is 67.0 Å². The predicted molar refractivity (Wildman–Crippen MR) is 151 cm³/mol. The second kappa shape index (κ2) is 11.2. The quantitative estimate of drug-likeness (QED) is 0.286. The Balaban J connectivity index is 1.65. The molecule has 1 amide bonds. The number of hydrogen-bond donors (Lipinski definition) is 2. The van der Waals surface area contributed by atoms with Gasteiger partial charge in [-0.05, 0) is 55.3 Å². The number of hydrogen-bond acceptors (Lipinski definition) is 4. The maximum atomic E-state index is 13.7. The molecule has 3 heterocycles. The largest absolute Gasteiger partial charge is 0.416 e. The summed E-state index contributed by atoms with van der Waals surface area (Å²) in [7, 11) is 4.03. The molecule has 0 radical (unpaired) electrons. The van der Waals surface area contributed by atoms with E-state index in [0.717, 1.165) is 35.6 Å². The van der Waals surface area contributed by atoms with Crippen LogP contribution in [0.2, 0.25) is 0 Å². The number of benzene rings is 2. The van der Waals surface area contributed by atoms with Crippen LogP contribution in [-0.2, 0) is 11.0 Å². The summed E-state index contributed by atoms with van der Waals surface area (Å²) < 4.78 is 44.3. The number of aryl methyl sites for hydroxylation is 1. The lowest BCUT2D eigenvalue weighted by atomic mass is 9.95. The van der Waals surface area contributed by atoms with Gasteiger partial charge in [0.2, 0.25) is 11.9 Å². The lowest BCUT2D eigenvalue weighted by molar-refractivity contribution is -0.858. The minimum atomic E-state index is -4.51. The highest BCUT2D eigenvalue weighted by Crippen LogP contribution is 2.38. The summed E-state index contributed by atoms with van der Waals surface area (Å²) in [5, 5.41) is 11.8. The van der Waals surface area contributed by atoms with E-state index < -0.39 is 11.7 Å². The van der Waals surface area contributed by atoms with Gasteiger partial charge >= 0.3 is 6.18 Å². The molecule has 0 fully saturated rings. The van der Waals surface area contributed by atoms with Gasteiger partial charge in [-0.2, -0.15) is 23.3 Å². The summed E-state index contributed by atoms with van der Waals surface area (Å²) in [6.07, 6.45) is -0.0692. The fourth-order valence-corrected chi connectivity index (χ4v) is 4.80. The fraction of sp³-hybridized carbons (Fsp3) is 0.267. The van der Waals surface area contributed by atoms with Gasteiger partial charge in [0.1, 0.15) is 0 Å². The number of carbonyl (C=O) groups is 1. The SMILES string of the molecule is Cc1ccc(-n2nccc2-c2cn3nc(NC(=O)CCC[NH+](C)C)nc3c(-c3cccc(C(F)(F)F)c3)c2C)cc1. The number of aromatic nitrogens is 5. The zero-order valence-corrected chi connectivity index (χ0v) is 23.3. The highest BCUT2D eigenvalue weighted by atomic mass is 19.4. The molecule has 0 atom stereocenters. The summed E-state index contributed by atoms with van der Waals surface area (Å²) in [5.41, 5.74) is 4.46. The normalized spacial score (nSPS) is 11.9. The Morgan fingerprint density at radius 1 is 1.05 bits per heavy atom. The van der Waals surface area contributed by atoms with E-state index in [1.165, 1.54) is 15.5 Å². The lowest BCUT2D eigenvalue weighted by Crippen LogP contribution is -3.05. The molecule has 3 aromatic heterocycles. The van der Waals surface area contributed by atoms with Gasteiger partial charge in [0.25, 0.3) is 0 Å². The minimum absolute atomic E-state index is 0.0871. The number of anilines is 1. The van der Waals surface area contributed by atoms with Gasteiger partial charge in [-0.3, -0.25) is 10.1 Å². The van der Waals surface area contributed by atoms with Crippen molar-refractivity contribution >= 4 is 17.5 Å².